The second-order valence-corrected chi connectivity index (χ2v) is 18.0. The van der Waals surface area contributed by atoms with Crippen LogP contribution in [0.5, 0.6) is 0 Å². The lowest BCUT2D eigenvalue weighted by molar-refractivity contribution is -0.397. The van der Waals surface area contributed by atoms with Crippen LogP contribution in [0.3, 0.4) is 0 Å². The van der Waals surface area contributed by atoms with Gasteiger partial charge in [0.2, 0.25) is 0 Å². The van der Waals surface area contributed by atoms with Crippen LogP contribution in [0.15, 0.2) is 12.2 Å². The Bertz CT molecular complexity index is 1430. The molecule has 18 nitrogen and oxygen atoms in total. The highest BCUT2D eigenvalue weighted by molar-refractivity contribution is 5.75. The molecule has 0 aromatic heterocycles. The van der Waals surface area contributed by atoms with Crippen LogP contribution >= 0.6 is 0 Å². The Labute approximate surface area is 324 Å². The first-order chi connectivity index (χ1) is 26.4. The predicted octanol–water partition coefficient (Wildman–Crippen LogP) is -2.52. The SMILES string of the molecule is C=C1C[C@@]23CCC4[C@](C)(C(=O)O)CCC[C@@]4(C)[C@@H]2CC(OC2OC(CO)C(O)C(OC4OC(CO)C(O)C(O)C4O)C2OC2OC(CO)C(O)C(O)C2O)C1C3. The summed E-state index contributed by atoms with van der Waals surface area (Å²) in [5.74, 6) is -1.02. The number of carbonyl (C=O) groups is 1. The minimum atomic E-state index is -1.91. The summed E-state index contributed by atoms with van der Waals surface area (Å²) in [6.07, 6.45) is -20.2. The molecule has 0 aromatic carbocycles. The maximum Gasteiger partial charge on any atom is 0.309 e. The van der Waals surface area contributed by atoms with Crippen molar-refractivity contribution in [2.24, 2.45) is 34.0 Å². The van der Waals surface area contributed by atoms with Crippen molar-refractivity contribution in [1.82, 2.24) is 0 Å². The summed E-state index contributed by atoms with van der Waals surface area (Å²) in [5.41, 5.74) is -0.388. The van der Waals surface area contributed by atoms with E-state index in [4.69, 9.17) is 28.4 Å². The third-order valence-electron chi connectivity index (χ3n) is 15.0. The van der Waals surface area contributed by atoms with E-state index in [0.29, 0.717) is 12.8 Å². The lowest BCUT2D eigenvalue weighted by atomic mass is 9.41. The van der Waals surface area contributed by atoms with E-state index in [2.05, 4.69) is 13.5 Å². The fraction of sp³-hybridized carbons (Fsp3) is 0.921. The summed E-state index contributed by atoms with van der Waals surface area (Å²) in [6, 6.07) is 0. The van der Waals surface area contributed by atoms with Crippen molar-refractivity contribution in [3.63, 3.8) is 0 Å². The fourth-order valence-corrected chi connectivity index (χ4v) is 12.0. The zero-order valence-corrected chi connectivity index (χ0v) is 31.7. The summed E-state index contributed by atoms with van der Waals surface area (Å²) in [7, 11) is 0. The molecule has 4 aliphatic carbocycles. The van der Waals surface area contributed by atoms with Gasteiger partial charge in [0.1, 0.15) is 73.2 Å². The van der Waals surface area contributed by atoms with Crippen LogP contribution in [-0.4, -0.2) is 180 Å². The van der Waals surface area contributed by atoms with Gasteiger partial charge in [-0.1, -0.05) is 25.5 Å². The van der Waals surface area contributed by atoms with E-state index in [1.54, 1.807) is 0 Å². The van der Waals surface area contributed by atoms with Crippen molar-refractivity contribution in [1.29, 1.82) is 0 Å². The molecule has 3 aliphatic heterocycles. The molecule has 0 radical (unpaired) electrons. The Balaban J connectivity index is 1.23. The fourth-order valence-electron chi connectivity index (χ4n) is 12.0. The monoisotopic (exact) mass is 804 g/mol. The van der Waals surface area contributed by atoms with Crippen LogP contribution in [-0.2, 0) is 33.2 Å². The van der Waals surface area contributed by atoms with E-state index >= 15 is 0 Å². The molecule has 7 fully saturated rings. The second-order valence-electron chi connectivity index (χ2n) is 18.0. The average molecular weight is 805 g/mol. The first-order valence-corrected chi connectivity index (χ1v) is 19.9. The van der Waals surface area contributed by atoms with Gasteiger partial charge in [-0.15, -0.1) is 0 Å². The minimum Gasteiger partial charge on any atom is -0.481 e. The van der Waals surface area contributed by atoms with E-state index in [-0.39, 0.29) is 28.6 Å². The number of hydrogen-bond acceptors (Lipinski definition) is 17. The molecule has 7 rings (SSSR count). The normalized spacial score (nSPS) is 54.6. The van der Waals surface area contributed by atoms with Crippen LogP contribution in [0.2, 0.25) is 0 Å². The Hall–Kier alpha value is -1.43. The third-order valence-corrected chi connectivity index (χ3v) is 15.0. The van der Waals surface area contributed by atoms with Crippen molar-refractivity contribution in [3.8, 4) is 0 Å². The molecule has 3 heterocycles. The molecule has 320 valence electrons. The molecule has 11 N–H and O–H groups in total. The molecule has 1 spiro atoms. The molecule has 2 bridgehead atoms. The maximum absolute atomic E-state index is 12.8. The van der Waals surface area contributed by atoms with Crippen molar-refractivity contribution in [2.75, 3.05) is 19.8 Å². The smallest absolute Gasteiger partial charge is 0.309 e. The van der Waals surface area contributed by atoms with Gasteiger partial charge in [0.05, 0.1) is 31.3 Å². The quantitative estimate of drug-likeness (QED) is 0.0803. The van der Waals surface area contributed by atoms with Gasteiger partial charge in [-0.3, -0.25) is 4.79 Å². The van der Waals surface area contributed by atoms with Crippen LogP contribution in [0.25, 0.3) is 0 Å². The third kappa shape index (κ3) is 6.88. The Kier molecular flexibility index (Phi) is 12.1. The zero-order valence-electron chi connectivity index (χ0n) is 31.7. The summed E-state index contributed by atoms with van der Waals surface area (Å²) in [4.78, 5) is 12.8. The van der Waals surface area contributed by atoms with Gasteiger partial charge < -0.3 is 84.6 Å². The lowest BCUT2D eigenvalue weighted by Gasteiger charge is -2.64. The van der Waals surface area contributed by atoms with E-state index in [9.17, 15) is 61.0 Å². The Morgan fingerprint density at radius 1 is 0.696 bits per heavy atom. The van der Waals surface area contributed by atoms with Crippen molar-refractivity contribution < 1.29 is 89.4 Å². The molecule has 22 atom stereocenters. The van der Waals surface area contributed by atoms with Gasteiger partial charge in [0.25, 0.3) is 0 Å². The Morgan fingerprint density at radius 2 is 1.23 bits per heavy atom. The number of rotatable bonds is 10. The highest BCUT2D eigenvalue weighted by Gasteiger charge is 2.67. The molecule has 3 saturated heterocycles. The van der Waals surface area contributed by atoms with Crippen LogP contribution in [0.1, 0.15) is 65.2 Å². The van der Waals surface area contributed by atoms with Gasteiger partial charge in [0.15, 0.2) is 18.9 Å². The van der Waals surface area contributed by atoms with Crippen LogP contribution in [0, 0.1) is 34.0 Å². The molecule has 7 aliphatic rings. The number of carboxylic acid groups (broad SMARTS) is 1. The van der Waals surface area contributed by atoms with Crippen LogP contribution < -0.4 is 0 Å². The van der Waals surface area contributed by atoms with Gasteiger partial charge in [-0.05, 0) is 74.5 Å². The molecule has 0 aromatic rings. The van der Waals surface area contributed by atoms with E-state index in [0.717, 1.165) is 44.1 Å². The molecule has 0 amide bonds. The van der Waals surface area contributed by atoms with Gasteiger partial charge in [-0.25, -0.2) is 0 Å². The summed E-state index contributed by atoms with van der Waals surface area (Å²) < 4.78 is 36.5. The van der Waals surface area contributed by atoms with Crippen molar-refractivity contribution in [3.05, 3.63) is 12.2 Å². The van der Waals surface area contributed by atoms with E-state index < -0.39 is 129 Å². The van der Waals surface area contributed by atoms with Crippen LogP contribution in [0.4, 0.5) is 0 Å². The molecular weight excluding hydrogens is 744 g/mol. The molecule has 18 unspecified atom stereocenters. The number of carboxylic acids is 1. The van der Waals surface area contributed by atoms with E-state index in [1.165, 1.54) is 0 Å². The largest absolute Gasteiger partial charge is 0.481 e. The standard InChI is InChI=1S/C38H60O18/c1-15-10-38-8-5-21-36(2,6-4-7-37(21,3)35(49)50)22(38)9-17(16(15)11-38)51-34-31(56-33-29(48)27(46)24(43)19(13-40)53-33)30(25(44)20(14-41)54-34)55-32-28(47)26(45)23(42)18(12-39)52-32/h16-34,39-48H,1,4-14H2,2-3H3,(H,49,50)/t16?,17?,18?,19?,20?,21?,22-,23?,24?,25?,26?,27?,28?,29?,30?,31?,32?,33?,34?,36+,37+,38+/m0/s1. The van der Waals surface area contributed by atoms with Gasteiger partial charge >= 0.3 is 5.97 Å². The maximum atomic E-state index is 12.8. The number of aliphatic hydroxyl groups is 10. The van der Waals surface area contributed by atoms with Gasteiger partial charge in [0, 0.05) is 5.92 Å². The first kappa shape index (κ1) is 42.7. The van der Waals surface area contributed by atoms with Crippen molar-refractivity contribution >= 4 is 5.97 Å². The molecular formula is C38H60O18. The molecule has 56 heavy (non-hydrogen) atoms. The molecule has 18 heteroatoms. The van der Waals surface area contributed by atoms with Gasteiger partial charge in [-0.2, -0.15) is 0 Å². The lowest BCUT2D eigenvalue weighted by Crippen LogP contribution is -2.67. The number of fused-ring (bicyclic) bond motifs is 3. The van der Waals surface area contributed by atoms with Crippen molar-refractivity contribution in [2.45, 2.75) is 163 Å². The molecule has 4 saturated carbocycles. The summed E-state index contributed by atoms with van der Waals surface area (Å²) in [6.45, 7) is 6.19. The number of aliphatic carboxylic acids is 1. The first-order valence-electron chi connectivity index (χ1n) is 19.9. The average Bonchev–Trinajstić information content (AvgIpc) is 3.44. The zero-order chi connectivity index (χ0) is 40.6. The minimum absolute atomic E-state index is 0.0297. The highest BCUT2D eigenvalue weighted by atomic mass is 16.8. The summed E-state index contributed by atoms with van der Waals surface area (Å²) in [5, 5.41) is 116. The number of aliphatic hydroxyl groups excluding tert-OH is 10. The Morgan fingerprint density at radius 3 is 1.79 bits per heavy atom. The number of hydrogen-bond donors (Lipinski definition) is 11. The number of ether oxygens (including phenoxy) is 6. The summed E-state index contributed by atoms with van der Waals surface area (Å²) >= 11 is 0. The second kappa shape index (κ2) is 15.9. The highest BCUT2D eigenvalue weighted by Crippen LogP contribution is 2.72. The topological polar surface area (TPSA) is 295 Å². The van der Waals surface area contributed by atoms with E-state index in [1.807, 2.05) is 6.92 Å². The predicted molar refractivity (Wildman–Crippen MR) is 187 cm³/mol.